The Morgan fingerprint density at radius 1 is 1.20 bits per heavy atom. The highest BCUT2D eigenvalue weighted by atomic mass is 16.5. The second-order valence-electron chi connectivity index (χ2n) is 6.92. The Morgan fingerprint density at radius 3 is 2.77 bits per heavy atom. The summed E-state index contributed by atoms with van der Waals surface area (Å²) in [7, 11) is 0. The Kier molecular flexibility index (Phi) is 5.48. The number of hydrogen-bond donors (Lipinski definition) is 2. The van der Waals surface area contributed by atoms with E-state index in [0.717, 1.165) is 17.0 Å². The molecule has 1 aliphatic heterocycles. The van der Waals surface area contributed by atoms with Crippen LogP contribution in [-0.4, -0.2) is 28.8 Å². The molecule has 0 aliphatic carbocycles. The Balaban J connectivity index is 1.37. The van der Waals surface area contributed by atoms with Crippen LogP contribution >= 0.6 is 0 Å². The maximum atomic E-state index is 12.4. The van der Waals surface area contributed by atoms with E-state index < -0.39 is 0 Å². The lowest BCUT2D eigenvalue weighted by molar-refractivity contribution is -0.117. The van der Waals surface area contributed by atoms with E-state index >= 15 is 0 Å². The van der Waals surface area contributed by atoms with E-state index in [0.29, 0.717) is 42.0 Å². The molecule has 150 valence electrons. The lowest BCUT2D eigenvalue weighted by Crippen LogP contribution is -2.29. The summed E-state index contributed by atoms with van der Waals surface area (Å²) in [5, 5.41) is 16.9. The van der Waals surface area contributed by atoms with Crippen molar-refractivity contribution in [2.45, 2.75) is 12.8 Å². The molecule has 2 heterocycles. The van der Waals surface area contributed by atoms with Gasteiger partial charge >= 0.3 is 0 Å². The summed E-state index contributed by atoms with van der Waals surface area (Å²) in [6, 6.07) is 19.2. The molecule has 1 aliphatic rings. The summed E-state index contributed by atoms with van der Waals surface area (Å²) < 4.78 is 7.21. The number of aryl methyl sites for hydroxylation is 1. The molecule has 0 atom stereocenters. The zero-order valence-electron chi connectivity index (χ0n) is 16.3. The van der Waals surface area contributed by atoms with Crippen LogP contribution in [0.2, 0.25) is 0 Å². The van der Waals surface area contributed by atoms with Crippen molar-refractivity contribution in [3.05, 3.63) is 77.0 Å². The fourth-order valence-electron chi connectivity index (χ4n) is 3.36. The number of para-hydroxylation sites is 2. The number of fused-ring (bicyclic) bond motifs is 1. The number of carbonyl (C=O) groups excluding carboxylic acids is 1. The van der Waals surface area contributed by atoms with E-state index in [4.69, 9.17) is 10.5 Å². The molecule has 1 aromatic heterocycles. The maximum absolute atomic E-state index is 12.4. The molecule has 30 heavy (non-hydrogen) atoms. The van der Waals surface area contributed by atoms with Gasteiger partial charge in [-0.25, -0.2) is 4.68 Å². The molecule has 7 heteroatoms. The van der Waals surface area contributed by atoms with Crippen molar-refractivity contribution in [2.75, 3.05) is 18.9 Å². The monoisotopic (exact) mass is 399 g/mol. The summed E-state index contributed by atoms with van der Waals surface area (Å²) in [6.07, 6.45) is 3.02. The summed E-state index contributed by atoms with van der Waals surface area (Å²) in [4.78, 5) is 12.4. The van der Waals surface area contributed by atoms with E-state index in [1.807, 2.05) is 60.7 Å². The van der Waals surface area contributed by atoms with E-state index in [1.165, 1.54) is 0 Å². The van der Waals surface area contributed by atoms with Crippen molar-refractivity contribution in [2.24, 2.45) is 0 Å². The van der Waals surface area contributed by atoms with Gasteiger partial charge in [-0.2, -0.15) is 10.4 Å². The molecule has 3 aromatic rings. The van der Waals surface area contributed by atoms with Crippen molar-refractivity contribution >= 4 is 17.8 Å². The molecule has 4 rings (SSSR count). The molecule has 7 nitrogen and oxygen atoms in total. The highest BCUT2D eigenvalue weighted by molar-refractivity contribution is 5.99. The van der Waals surface area contributed by atoms with Crippen LogP contribution in [0.4, 0.5) is 5.82 Å². The molecule has 0 fully saturated rings. The predicted molar refractivity (Wildman–Crippen MR) is 114 cm³/mol. The van der Waals surface area contributed by atoms with E-state index in [-0.39, 0.29) is 12.5 Å². The number of rotatable bonds is 6. The summed E-state index contributed by atoms with van der Waals surface area (Å²) in [6.45, 7) is 0.709. The van der Waals surface area contributed by atoms with Gasteiger partial charge in [0.25, 0.3) is 5.91 Å². The first kappa shape index (κ1) is 19.3. The summed E-state index contributed by atoms with van der Waals surface area (Å²) in [5.41, 5.74) is 9.42. The van der Waals surface area contributed by atoms with Gasteiger partial charge in [0.1, 0.15) is 29.8 Å². The van der Waals surface area contributed by atoms with Crippen LogP contribution in [0.1, 0.15) is 23.2 Å². The minimum Gasteiger partial charge on any atom is -0.488 e. The second kappa shape index (κ2) is 8.53. The van der Waals surface area contributed by atoms with Gasteiger partial charge in [-0.3, -0.25) is 4.79 Å². The van der Waals surface area contributed by atoms with Gasteiger partial charge in [0.05, 0.1) is 17.0 Å². The van der Waals surface area contributed by atoms with Gasteiger partial charge in [0.15, 0.2) is 0 Å². The molecule has 3 N–H and O–H groups in total. The molecular weight excluding hydrogens is 378 g/mol. The minimum absolute atomic E-state index is 0.153. The average Bonchev–Trinajstić information content (AvgIpc) is 3.12. The fraction of sp³-hybridized carbons (Fsp3) is 0.174. The number of nitriles is 1. The smallest absolute Gasteiger partial charge is 0.250 e. The van der Waals surface area contributed by atoms with Crippen LogP contribution in [0.3, 0.4) is 0 Å². The average molecular weight is 399 g/mol. The first-order valence-corrected chi connectivity index (χ1v) is 9.71. The predicted octanol–water partition coefficient (Wildman–Crippen LogP) is 2.85. The van der Waals surface area contributed by atoms with Crippen molar-refractivity contribution in [3.63, 3.8) is 0 Å². The highest BCUT2D eigenvalue weighted by Gasteiger charge is 2.18. The van der Waals surface area contributed by atoms with Crippen molar-refractivity contribution in [1.82, 2.24) is 15.1 Å². The van der Waals surface area contributed by atoms with Gasteiger partial charge in [-0.1, -0.05) is 36.4 Å². The highest BCUT2D eigenvalue weighted by Crippen LogP contribution is 2.25. The molecular formula is C23H21N5O2. The zero-order valence-corrected chi connectivity index (χ0v) is 16.3. The Morgan fingerprint density at radius 2 is 1.97 bits per heavy atom. The number of amides is 1. The minimum atomic E-state index is -0.153. The van der Waals surface area contributed by atoms with Crippen LogP contribution < -0.4 is 15.8 Å². The van der Waals surface area contributed by atoms with Crippen LogP contribution in [0.15, 0.2) is 60.2 Å². The number of nitrogens with zero attached hydrogens (tertiary/aromatic N) is 3. The third-order valence-electron chi connectivity index (χ3n) is 4.91. The van der Waals surface area contributed by atoms with Crippen LogP contribution in [-0.2, 0) is 11.2 Å². The van der Waals surface area contributed by atoms with Gasteiger partial charge in [-0.15, -0.1) is 0 Å². The number of carbonyl (C=O) groups is 1. The number of nitrogen functional groups attached to an aromatic ring is 1. The topological polar surface area (TPSA) is 106 Å². The molecule has 0 radical (unpaired) electrons. The van der Waals surface area contributed by atoms with Gasteiger partial charge in [0, 0.05) is 12.1 Å². The SMILES string of the molecule is N#Cc1c(CCCNC(=O)C2=Cc3ccccc3OC2)nn(-c2ccccc2)c1N. The molecule has 0 saturated carbocycles. The van der Waals surface area contributed by atoms with Crippen LogP contribution in [0.5, 0.6) is 5.75 Å². The van der Waals surface area contributed by atoms with Crippen molar-refractivity contribution < 1.29 is 9.53 Å². The van der Waals surface area contributed by atoms with Crippen molar-refractivity contribution in [3.8, 4) is 17.5 Å². The number of benzene rings is 2. The van der Waals surface area contributed by atoms with E-state index in [9.17, 15) is 10.1 Å². The number of ether oxygens (including phenoxy) is 1. The number of hydrogen-bond acceptors (Lipinski definition) is 5. The molecule has 0 saturated heterocycles. The lowest BCUT2D eigenvalue weighted by Gasteiger charge is -2.17. The van der Waals surface area contributed by atoms with Gasteiger partial charge in [-0.05, 0) is 37.1 Å². The van der Waals surface area contributed by atoms with Gasteiger partial charge in [0.2, 0.25) is 0 Å². The van der Waals surface area contributed by atoms with Crippen LogP contribution in [0, 0.1) is 11.3 Å². The molecule has 0 spiro atoms. The number of nitrogens with one attached hydrogen (secondary N) is 1. The Labute approximate surface area is 174 Å². The van der Waals surface area contributed by atoms with E-state index in [1.54, 1.807) is 4.68 Å². The lowest BCUT2D eigenvalue weighted by atomic mass is 10.1. The maximum Gasteiger partial charge on any atom is 0.250 e. The summed E-state index contributed by atoms with van der Waals surface area (Å²) >= 11 is 0. The first-order valence-electron chi connectivity index (χ1n) is 9.71. The Bertz CT molecular complexity index is 1140. The number of aromatic nitrogens is 2. The third kappa shape index (κ3) is 3.89. The van der Waals surface area contributed by atoms with Crippen LogP contribution in [0.25, 0.3) is 11.8 Å². The normalized spacial score (nSPS) is 12.3. The molecule has 0 bridgehead atoms. The van der Waals surface area contributed by atoms with Gasteiger partial charge < -0.3 is 15.8 Å². The molecule has 1 amide bonds. The molecule has 2 aromatic carbocycles. The Hall–Kier alpha value is -4.05. The quantitative estimate of drug-likeness (QED) is 0.620. The zero-order chi connectivity index (χ0) is 20.9. The largest absolute Gasteiger partial charge is 0.488 e. The number of anilines is 1. The summed E-state index contributed by atoms with van der Waals surface area (Å²) in [5.74, 6) is 0.954. The van der Waals surface area contributed by atoms with Crippen molar-refractivity contribution in [1.29, 1.82) is 5.26 Å². The third-order valence-corrected chi connectivity index (χ3v) is 4.91. The molecule has 0 unspecified atom stereocenters. The fourth-order valence-corrected chi connectivity index (χ4v) is 3.36. The number of nitrogens with two attached hydrogens (primary N) is 1. The standard InChI is InChI=1S/C23H21N5O2/c24-14-19-20(27-28(22(19)25)18-8-2-1-3-9-18)10-6-12-26-23(29)17-13-16-7-4-5-11-21(16)30-15-17/h1-5,7-9,11,13H,6,10,12,15,25H2,(H,26,29). The van der Waals surface area contributed by atoms with E-state index in [2.05, 4.69) is 16.5 Å². The second-order valence-corrected chi connectivity index (χ2v) is 6.92. The first-order chi connectivity index (χ1) is 14.7.